The van der Waals surface area contributed by atoms with E-state index in [0.29, 0.717) is 0 Å². The van der Waals surface area contributed by atoms with Gasteiger partial charge in [-0.2, -0.15) is 0 Å². The Hall–Kier alpha value is -1.18. The van der Waals surface area contributed by atoms with Gasteiger partial charge in [0, 0.05) is 24.5 Å². The highest BCUT2D eigenvalue weighted by Gasteiger charge is 2.16. The zero-order valence-corrected chi connectivity index (χ0v) is 13.0. The molecule has 0 atom stereocenters. The minimum atomic E-state index is 0.904. The molecule has 0 spiro atoms. The fraction of sp³-hybridized carbons (Fsp3) is 0.667. The van der Waals surface area contributed by atoms with E-state index < -0.39 is 0 Å². The summed E-state index contributed by atoms with van der Waals surface area (Å²) in [5, 5.41) is 0. The van der Waals surface area contributed by atoms with Crippen molar-refractivity contribution >= 4 is 11.4 Å². The summed E-state index contributed by atoms with van der Waals surface area (Å²) in [6.07, 6.45) is 12.2. The van der Waals surface area contributed by atoms with Gasteiger partial charge in [-0.3, -0.25) is 0 Å². The number of nitrogens with two attached hydrogens (primary N) is 1. The number of benzene rings is 1. The monoisotopic (exact) mass is 274 g/mol. The van der Waals surface area contributed by atoms with E-state index in [1.165, 1.54) is 82.1 Å². The Morgan fingerprint density at radius 1 is 1.05 bits per heavy atom. The van der Waals surface area contributed by atoms with Gasteiger partial charge in [-0.25, -0.2) is 0 Å². The molecule has 0 radical (unpaired) electrons. The number of fused-ring (bicyclic) bond motifs is 1. The Morgan fingerprint density at radius 3 is 2.60 bits per heavy atom. The lowest BCUT2D eigenvalue weighted by molar-refractivity contribution is 0.576. The molecular weight excluding hydrogens is 244 g/mol. The third kappa shape index (κ3) is 4.43. The molecule has 2 nitrogen and oxygen atoms in total. The summed E-state index contributed by atoms with van der Waals surface area (Å²) in [6, 6.07) is 6.42. The van der Waals surface area contributed by atoms with Crippen molar-refractivity contribution in [2.24, 2.45) is 0 Å². The average molecular weight is 274 g/mol. The smallest absolute Gasteiger partial charge is 0.0400 e. The van der Waals surface area contributed by atoms with Gasteiger partial charge in [-0.05, 0) is 43.0 Å². The largest absolute Gasteiger partial charge is 0.399 e. The van der Waals surface area contributed by atoms with E-state index >= 15 is 0 Å². The Bertz CT molecular complexity index is 400. The van der Waals surface area contributed by atoms with Crippen LogP contribution in [0.15, 0.2) is 18.2 Å². The number of unbranched alkanes of at least 4 members (excludes halogenated alkanes) is 6. The van der Waals surface area contributed by atoms with Crippen LogP contribution < -0.4 is 10.6 Å². The molecule has 2 rings (SSSR count). The molecule has 1 aliphatic heterocycles. The van der Waals surface area contributed by atoms with Gasteiger partial charge in [0.15, 0.2) is 0 Å². The van der Waals surface area contributed by atoms with Crippen LogP contribution in [0.5, 0.6) is 0 Å². The van der Waals surface area contributed by atoms with Gasteiger partial charge >= 0.3 is 0 Å². The highest BCUT2D eigenvalue weighted by atomic mass is 15.1. The van der Waals surface area contributed by atoms with Crippen molar-refractivity contribution in [2.45, 2.75) is 64.7 Å². The van der Waals surface area contributed by atoms with Crippen molar-refractivity contribution in [2.75, 3.05) is 23.7 Å². The first-order chi connectivity index (χ1) is 9.81. The fourth-order valence-electron chi connectivity index (χ4n) is 3.19. The summed E-state index contributed by atoms with van der Waals surface area (Å²) >= 11 is 0. The van der Waals surface area contributed by atoms with E-state index in [4.69, 9.17) is 5.73 Å². The van der Waals surface area contributed by atoms with Crippen LogP contribution in [-0.4, -0.2) is 13.1 Å². The third-order valence-corrected chi connectivity index (χ3v) is 4.35. The second-order valence-electron chi connectivity index (χ2n) is 6.10. The quantitative estimate of drug-likeness (QED) is 0.546. The topological polar surface area (TPSA) is 29.3 Å². The molecule has 1 heterocycles. The van der Waals surface area contributed by atoms with E-state index in [1.807, 2.05) is 6.07 Å². The first kappa shape index (κ1) is 15.2. The zero-order valence-electron chi connectivity index (χ0n) is 13.0. The molecular formula is C18H30N2. The van der Waals surface area contributed by atoms with Crippen LogP contribution in [0, 0.1) is 0 Å². The molecule has 1 aromatic carbocycles. The molecule has 2 N–H and O–H groups in total. The van der Waals surface area contributed by atoms with Gasteiger partial charge in [0.1, 0.15) is 0 Å². The number of hydrogen-bond donors (Lipinski definition) is 1. The summed E-state index contributed by atoms with van der Waals surface area (Å²) in [4.78, 5) is 2.56. The van der Waals surface area contributed by atoms with E-state index in [0.717, 1.165) is 5.69 Å². The normalized spacial score (nSPS) is 14.3. The minimum absolute atomic E-state index is 0.904. The van der Waals surface area contributed by atoms with Crippen molar-refractivity contribution in [3.8, 4) is 0 Å². The maximum absolute atomic E-state index is 5.89. The van der Waals surface area contributed by atoms with E-state index in [9.17, 15) is 0 Å². The SMILES string of the molecule is CCCCCCCCCN1CCCc2cc(N)ccc21. The highest BCUT2D eigenvalue weighted by Crippen LogP contribution is 2.29. The molecule has 0 amide bonds. The average Bonchev–Trinajstić information content (AvgIpc) is 2.46. The predicted molar refractivity (Wildman–Crippen MR) is 89.4 cm³/mol. The molecule has 0 saturated carbocycles. The lowest BCUT2D eigenvalue weighted by Gasteiger charge is -2.31. The molecule has 112 valence electrons. The summed E-state index contributed by atoms with van der Waals surface area (Å²) in [7, 11) is 0. The maximum Gasteiger partial charge on any atom is 0.0400 e. The van der Waals surface area contributed by atoms with Crippen LogP contribution in [0.2, 0.25) is 0 Å². The van der Waals surface area contributed by atoms with E-state index in [-0.39, 0.29) is 0 Å². The fourth-order valence-corrected chi connectivity index (χ4v) is 3.19. The molecule has 0 unspecified atom stereocenters. The summed E-state index contributed by atoms with van der Waals surface area (Å²) in [5.74, 6) is 0. The maximum atomic E-state index is 5.89. The standard InChI is InChI=1S/C18H30N2/c1-2-3-4-5-6-7-8-13-20-14-9-10-16-15-17(19)11-12-18(16)20/h11-12,15H,2-10,13-14,19H2,1H3. The van der Waals surface area contributed by atoms with Gasteiger partial charge in [0.2, 0.25) is 0 Å². The van der Waals surface area contributed by atoms with E-state index in [2.05, 4.69) is 24.0 Å². The number of nitrogen functional groups attached to an aromatic ring is 1. The van der Waals surface area contributed by atoms with Gasteiger partial charge < -0.3 is 10.6 Å². The van der Waals surface area contributed by atoms with Gasteiger partial charge in [0.25, 0.3) is 0 Å². The van der Waals surface area contributed by atoms with Crippen LogP contribution in [0.3, 0.4) is 0 Å². The Balaban J connectivity index is 1.72. The van der Waals surface area contributed by atoms with Gasteiger partial charge in [0.05, 0.1) is 0 Å². The summed E-state index contributed by atoms with van der Waals surface area (Å²) in [5.41, 5.74) is 9.66. The van der Waals surface area contributed by atoms with Crippen molar-refractivity contribution in [1.29, 1.82) is 0 Å². The molecule has 0 aliphatic carbocycles. The van der Waals surface area contributed by atoms with Crippen LogP contribution in [0.25, 0.3) is 0 Å². The van der Waals surface area contributed by atoms with Crippen LogP contribution in [-0.2, 0) is 6.42 Å². The lowest BCUT2D eigenvalue weighted by Crippen LogP contribution is -2.30. The minimum Gasteiger partial charge on any atom is -0.399 e. The molecule has 0 saturated heterocycles. The summed E-state index contributed by atoms with van der Waals surface area (Å²) < 4.78 is 0. The lowest BCUT2D eigenvalue weighted by atomic mass is 10.0. The first-order valence-electron chi connectivity index (χ1n) is 8.44. The zero-order chi connectivity index (χ0) is 14.2. The number of anilines is 2. The molecule has 2 heteroatoms. The molecule has 0 fully saturated rings. The number of rotatable bonds is 8. The van der Waals surface area contributed by atoms with Crippen LogP contribution in [0.4, 0.5) is 11.4 Å². The Morgan fingerprint density at radius 2 is 1.80 bits per heavy atom. The Kier molecular flexibility index (Phi) is 6.23. The first-order valence-corrected chi connectivity index (χ1v) is 8.44. The van der Waals surface area contributed by atoms with Crippen LogP contribution >= 0.6 is 0 Å². The second-order valence-corrected chi connectivity index (χ2v) is 6.10. The number of aryl methyl sites for hydroxylation is 1. The second kappa shape index (κ2) is 8.18. The van der Waals surface area contributed by atoms with Crippen molar-refractivity contribution < 1.29 is 0 Å². The van der Waals surface area contributed by atoms with Crippen LogP contribution in [0.1, 0.15) is 63.9 Å². The molecule has 0 aromatic heterocycles. The number of nitrogens with zero attached hydrogens (tertiary/aromatic N) is 1. The molecule has 0 bridgehead atoms. The van der Waals surface area contributed by atoms with Crippen molar-refractivity contribution in [3.05, 3.63) is 23.8 Å². The van der Waals surface area contributed by atoms with Crippen molar-refractivity contribution in [3.63, 3.8) is 0 Å². The molecule has 1 aromatic rings. The Labute approximate surface area is 124 Å². The molecule has 1 aliphatic rings. The predicted octanol–water partition coefficient (Wildman–Crippen LogP) is 4.77. The van der Waals surface area contributed by atoms with Gasteiger partial charge in [-0.1, -0.05) is 45.4 Å². The summed E-state index contributed by atoms with van der Waals surface area (Å²) in [6.45, 7) is 4.71. The molecule has 20 heavy (non-hydrogen) atoms. The van der Waals surface area contributed by atoms with Gasteiger partial charge in [-0.15, -0.1) is 0 Å². The van der Waals surface area contributed by atoms with E-state index in [1.54, 1.807) is 0 Å². The van der Waals surface area contributed by atoms with Crippen molar-refractivity contribution in [1.82, 2.24) is 0 Å². The third-order valence-electron chi connectivity index (χ3n) is 4.35. The number of hydrogen-bond acceptors (Lipinski definition) is 2. The highest BCUT2D eigenvalue weighted by molar-refractivity contribution is 5.61.